The SMILES string of the molecule is COC(=O)c1cc2c(cc1C)nc1n2CC[C@H]2[C@@H]1[C@H](c1cccc(Cl)c1F)[C@]1(C(=O)Nc3cc(Cl)ccc31)N2CC1CC1. The average molecular weight is 620 g/mol. The van der Waals surface area contributed by atoms with E-state index in [9.17, 15) is 9.59 Å². The van der Waals surface area contributed by atoms with Crippen LogP contribution in [0.15, 0.2) is 48.5 Å². The number of hydrogen-bond acceptors (Lipinski definition) is 5. The Labute approximate surface area is 257 Å². The summed E-state index contributed by atoms with van der Waals surface area (Å²) >= 11 is 12.8. The Morgan fingerprint density at radius 2 is 1.98 bits per heavy atom. The summed E-state index contributed by atoms with van der Waals surface area (Å²) in [5.74, 6) is -0.823. The molecule has 1 spiro atoms. The highest BCUT2D eigenvalue weighted by Crippen LogP contribution is 2.64. The number of nitrogens with one attached hydrogen (secondary N) is 1. The molecule has 0 unspecified atom stereocenters. The molecule has 1 N–H and O–H groups in total. The third-order valence-corrected chi connectivity index (χ3v) is 10.5. The standard InChI is InChI=1S/C33H29Cl2FN4O3/c1-16-12-24-26(14-20(16)31(41)43-2)39-11-10-25-27(30(39)37-24)28(19-4-3-5-22(35)29(19)36)33(40(25)15-17-6-7-17)21-9-8-18(34)13-23(21)38-32(33)42/h3-5,8-9,12-14,17,25,27-28H,6-7,10-11,15H2,1-2H3,(H,38,42)/t25-,27+,28-,33+/m0/s1. The number of anilines is 1. The molecule has 1 aromatic heterocycles. The topological polar surface area (TPSA) is 76.5 Å². The van der Waals surface area contributed by atoms with Gasteiger partial charge < -0.3 is 14.6 Å². The van der Waals surface area contributed by atoms with E-state index in [1.807, 2.05) is 25.1 Å². The molecule has 1 aliphatic carbocycles. The minimum absolute atomic E-state index is 0.0160. The van der Waals surface area contributed by atoms with Crippen LogP contribution in [0.3, 0.4) is 0 Å². The van der Waals surface area contributed by atoms with E-state index in [0.29, 0.717) is 34.3 Å². The minimum atomic E-state index is -1.19. The molecule has 220 valence electrons. The van der Waals surface area contributed by atoms with Crippen LogP contribution in [0.4, 0.5) is 10.1 Å². The molecule has 3 aromatic carbocycles. The zero-order chi connectivity index (χ0) is 29.8. The number of ether oxygens (including phenoxy) is 1. The van der Waals surface area contributed by atoms with Crippen LogP contribution >= 0.6 is 23.2 Å². The van der Waals surface area contributed by atoms with Gasteiger partial charge in [-0.25, -0.2) is 14.2 Å². The Morgan fingerprint density at radius 3 is 2.74 bits per heavy atom. The zero-order valence-corrected chi connectivity index (χ0v) is 25.2. The second-order valence-electron chi connectivity index (χ2n) is 12.3. The highest BCUT2D eigenvalue weighted by atomic mass is 35.5. The number of carbonyl (C=O) groups is 2. The van der Waals surface area contributed by atoms with Gasteiger partial charge in [-0.05, 0) is 73.6 Å². The van der Waals surface area contributed by atoms with Crippen molar-refractivity contribution in [1.82, 2.24) is 14.5 Å². The second kappa shape index (κ2) is 9.52. The van der Waals surface area contributed by atoms with Gasteiger partial charge in [0.1, 0.15) is 17.2 Å². The lowest BCUT2D eigenvalue weighted by Gasteiger charge is -2.40. The summed E-state index contributed by atoms with van der Waals surface area (Å²) in [6.45, 7) is 3.23. The summed E-state index contributed by atoms with van der Waals surface area (Å²) in [5, 5.41) is 3.66. The van der Waals surface area contributed by atoms with Crippen molar-refractivity contribution in [2.24, 2.45) is 5.92 Å². The molecule has 8 rings (SSSR count). The molecule has 1 saturated heterocycles. The first-order valence-electron chi connectivity index (χ1n) is 14.6. The molecule has 0 radical (unpaired) electrons. The van der Waals surface area contributed by atoms with Crippen LogP contribution in [0.2, 0.25) is 10.0 Å². The summed E-state index contributed by atoms with van der Waals surface area (Å²) in [6.07, 6.45) is 2.93. The number of esters is 1. The predicted octanol–water partition coefficient (Wildman–Crippen LogP) is 6.79. The largest absolute Gasteiger partial charge is 0.465 e. The number of fused-ring (bicyclic) bond motifs is 7. The van der Waals surface area contributed by atoms with E-state index in [0.717, 1.165) is 53.8 Å². The number of likely N-dealkylation sites (tertiary alicyclic amines) is 1. The molecule has 1 amide bonds. The van der Waals surface area contributed by atoms with E-state index in [1.54, 1.807) is 24.3 Å². The molecule has 4 heterocycles. The fourth-order valence-corrected chi connectivity index (χ4v) is 8.42. The fourth-order valence-electron chi connectivity index (χ4n) is 8.07. The van der Waals surface area contributed by atoms with Gasteiger partial charge in [-0.15, -0.1) is 0 Å². The highest BCUT2D eigenvalue weighted by Gasteiger charge is 2.69. The molecule has 4 atom stereocenters. The van der Waals surface area contributed by atoms with Crippen molar-refractivity contribution in [1.29, 1.82) is 0 Å². The summed E-state index contributed by atoms with van der Waals surface area (Å²) < 4.78 is 23.4. The van der Waals surface area contributed by atoms with E-state index in [2.05, 4.69) is 14.8 Å². The number of aromatic nitrogens is 2. The average Bonchev–Trinajstić information content (AvgIpc) is 3.59. The molecule has 4 aliphatic rings. The van der Waals surface area contributed by atoms with E-state index in [1.165, 1.54) is 13.2 Å². The summed E-state index contributed by atoms with van der Waals surface area (Å²) in [5.41, 5.74) is 3.48. The van der Waals surface area contributed by atoms with Crippen LogP contribution in [0, 0.1) is 18.7 Å². The van der Waals surface area contributed by atoms with E-state index in [-0.39, 0.29) is 22.9 Å². The molecule has 4 aromatic rings. The van der Waals surface area contributed by atoms with Crippen molar-refractivity contribution in [3.63, 3.8) is 0 Å². The van der Waals surface area contributed by atoms with Crippen molar-refractivity contribution in [2.45, 2.75) is 56.1 Å². The van der Waals surface area contributed by atoms with Crippen LogP contribution in [0.5, 0.6) is 0 Å². The number of nitrogens with zero attached hydrogens (tertiary/aromatic N) is 3. The van der Waals surface area contributed by atoms with Crippen molar-refractivity contribution in [3.8, 4) is 0 Å². The maximum atomic E-state index is 16.3. The van der Waals surface area contributed by atoms with Crippen molar-refractivity contribution < 1.29 is 18.7 Å². The Bertz CT molecular complexity index is 1870. The fraction of sp³-hybridized carbons (Fsp3) is 0.364. The molecular weight excluding hydrogens is 590 g/mol. The van der Waals surface area contributed by atoms with Gasteiger partial charge in [0.15, 0.2) is 0 Å². The minimum Gasteiger partial charge on any atom is -0.465 e. The number of methoxy groups -OCH3 is 1. The molecule has 0 bridgehead atoms. The summed E-state index contributed by atoms with van der Waals surface area (Å²) in [4.78, 5) is 34.7. The van der Waals surface area contributed by atoms with Gasteiger partial charge in [0.2, 0.25) is 5.91 Å². The predicted molar refractivity (Wildman–Crippen MR) is 162 cm³/mol. The molecular formula is C33H29Cl2FN4O3. The van der Waals surface area contributed by atoms with Gasteiger partial charge >= 0.3 is 5.97 Å². The molecule has 2 fully saturated rings. The number of carbonyl (C=O) groups excluding carboxylic acids is 2. The number of benzene rings is 3. The number of rotatable bonds is 4. The lowest BCUT2D eigenvalue weighted by atomic mass is 9.70. The zero-order valence-electron chi connectivity index (χ0n) is 23.7. The molecule has 10 heteroatoms. The van der Waals surface area contributed by atoms with Crippen LogP contribution < -0.4 is 5.32 Å². The number of aryl methyl sites for hydroxylation is 2. The molecule has 3 aliphatic heterocycles. The van der Waals surface area contributed by atoms with Crippen LogP contribution in [-0.4, -0.2) is 46.0 Å². The quantitative estimate of drug-likeness (QED) is 0.255. The van der Waals surface area contributed by atoms with Crippen LogP contribution in [0.25, 0.3) is 11.0 Å². The van der Waals surface area contributed by atoms with Crippen LogP contribution in [0.1, 0.15) is 64.0 Å². The second-order valence-corrected chi connectivity index (χ2v) is 13.1. The monoisotopic (exact) mass is 618 g/mol. The first-order valence-corrected chi connectivity index (χ1v) is 15.4. The normalized spacial score (nSPS) is 26.0. The molecule has 43 heavy (non-hydrogen) atoms. The Kier molecular flexibility index (Phi) is 6.00. The highest BCUT2D eigenvalue weighted by molar-refractivity contribution is 6.31. The van der Waals surface area contributed by atoms with Crippen molar-refractivity contribution >= 4 is 51.8 Å². The maximum absolute atomic E-state index is 16.3. The van der Waals surface area contributed by atoms with E-state index < -0.39 is 23.2 Å². The molecule has 7 nitrogen and oxygen atoms in total. The van der Waals surface area contributed by atoms with Gasteiger partial charge in [0.05, 0.1) is 28.7 Å². The lowest BCUT2D eigenvalue weighted by Crippen LogP contribution is -2.53. The van der Waals surface area contributed by atoms with Gasteiger partial charge in [-0.1, -0.05) is 41.4 Å². The van der Waals surface area contributed by atoms with E-state index in [4.69, 9.17) is 32.9 Å². The first kappa shape index (κ1) is 27.1. The smallest absolute Gasteiger partial charge is 0.338 e. The number of hydrogen-bond donors (Lipinski definition) is 1. The van der Waals surface area contributed by atoms with Crippen LogP contribution in [-0.2, 0) is 21.6 Å². The van der Waals surface area contributed by atoms with Gasteiger partial charge in [0, 0.05) is 47.2 Å². The Hall–Kier alpha value is -3.46. The number of amides is 1. The summed E-state index contributed by atoms with van der Waals surface area (Å²) in [6, 6.07) is 14.2. The van der Waals surface area contributed by atoms with Gasteiger partial charge in [0.25, 0.3) is 0 Å². The number of halogens is 3. The maximum Gasteiger partial charge on any atom is 0.338 e. The number of imidazole rings is 1. The Morgan fingerprint density at radius 1 is 1.16 bits per heavy atom. The van der Waals surface area contributed by atoms with E-state index >= 15 is 4.39 Å². The molecule has 1 saturated carbocycles. The third kappa shape index (κ3) is 3.72. The van der Waals surface area contributed by atoms with Gasteiger partial charge in [-0.3, -0.25) is 9.69 Å². The van der Waals surface area contributed by atoms with Crippen molar-refractivity contribution in [3.05, 3.63) is 92.5 Å². The van der Waals surface area contributed by atoms with Gasteiger partial charge in [-0.2, -0.15) is 0 Å². The lowest BCUT2D eigenvalue weighted by molar-refractivity contribution is -0.128. The summed E-state index contributed by atoms with van der Waals surface area (Å²) in [7, 11) is 1.37. The first-order chi connectivity index (χ1) is 20.7. The third-order valence-electron chi connectivity index (χ3n) is 10.0. The Balaban J connectivity index is 1.42. The van der Waals surface area contributed by atoms with Crippen molar-refractivity contribution in [2.75, 3.05) is 19.0 Å².